The minimum atomic E-state index is -4.61. The van der Waals surface area contributed by atoms with E-state index in [1.165, 1.54) is 161 Å². The van der Waals surface area contributed by atoms with Gasteiger partial charge in [0.1, 0.15) is 13.2 Å². The van der Waals surface area contributed by atoms with E-state index in [0.717, 1.165) is 70.6 Å². The van der Waals surface area contributed by atoms with Gasteiger partial charge in [-0.1, -0.05) is 247 Å². The van der Waals surface area contributed by atoms with E-state index in [2.05, 4.69) is 92.1 Å². The number of carbonyl (C=O) groups excluding carboxylic acids is 1. The summed E-state index contributed by atoms with van der Waals surface area (Å²) in [5, 5.41) is 13.8. The first-order chi connectivity index (χ1) is 34.5. The topological polar surface area (TPSA) is 108 Å². The van der Waals surface area contributed by atoms with E-state index < -0.39 is 26.6 Å². The number of aliphatic hydroxyl groups is 1. The van der Waals surface area contributed by atoms with Gasteiger partial charge in [-0.3, -0.25) is 9.36 Å². The van der Waals surface area contributed by atoms with Crippen LogP contribution < -0.4 is 10.2 Å². The first-order valence-corrected chi connectivity index (χ1v) is 30.9. The van der Waals surface area contributed by atoms with E-state index in [1.54, 1.807) is 6.08 Å². The molecule has 3 unspecified atom stereocenters. The maximum absolute atomic E-state index is 13.0. The van der Waals surface area contributed by atoms with E-state index in [1.807, 2.05) is 27.2 Å². The van der Waals surface area contributed by atoms with Crippen molar-refractivity contribution in [2.24, 2.45) is 0 Å². The minimum absolute atomic E-state index is 0.0106. The Balaban J connectivity index is 4.09. The lowest BCUT2D eigenvalue weighted by atomic mass is 10.0. The fourth-order valence-electron chi connectivity index (χ4n) is 8.24. The van der Waals surface area contributed by atoms with Crippen LogP contribution in [0.25, 0.3) is 0 Å². The van der Waals surface area contributed by atoms with Gasteiger partial charge in [-0.15, -0.1) is 0 Å². The molecule has 0 rings (SSSR count). The summed E-state index contributed by atoms with van der Waals surface area (Å²) in [6, 6.07) is -0.912. The molecule has 0 radical (unpaired) electrons. The van der Waals surface area contributed by atoms with Gasteiger partial charge in [-0.2, -0.15) is 0 Å². The molecule has 0 aliphatic rings. The molecule has 1 amide bonds. The van der Waals surface area contributed by atoms with E-state index in [0.29, 0.717) is 17.4 Å². The number of phosphoric acid groups is 1. The van der Waals surface area contributed by atoms with E-state index in [4.69, 9.17) is 9.05 Å². The maximum Gasteiger partial charge on any atom is 0.268 e. The third-order valence-corrected chi connectivity index (χ3v) is 13.8. The molecule has 0 aromatic carbocycles. The summed E-state index contributed by atoms with van der Waals surface area (Å²) < 4.78 is 23.3. The number of unbranched alkanes of at least 4 members (excludes halogenated alkanes) is 28. The zero-order valence-corrected chi connectivity index (χ0v) is 47.8. The molecule has 0 fully saturated rings. The lowest BCUT2D eigenvalue weighted by Crippen LogP contribution is -2.45. The molecule has 0 aliphatic carbocycles. The predicted octanol–water partition coefficient (Wildman–Crippen LogP) is 17.4. The molecular weight excluding hydrogens is 900 g/mol. The third-order valence-electron chi connectivity index (χ3n) is 12.8. The molecule has 8 nitrogen and oxygen atoms in total. The molecule has 0 saturated carbocycles. The number of nitrogens with zero attached hydrogens (tertiary/aromatic N) is 1. The zero-order valence-electron chi connectivity index (χ0n) is 46.9. The molecule has 0 aromatic rings. The Bertz CT molecular complexity index is 1430. The molecule has 2 N–H and O–H groups in total. The Hall–Kier alpha value is -2.32. The van der Waals surface area contributed by atoms with E-state index in [-0.39, 0.29) is 12.5 Å². The number of nitrogens with one attached hydrogen (secondary N) is 1. The van der Waals surface area contributed by atoms with E-state index in [9.17, 15) is 19.4 Å². The molecular formula is C62H113N2O6P. The van der Waals surface area contributed by atoms with Crippen LogP contribution in [0.15, 0.2) is 85.1 Å². The van der Waals surface area contributed by atoms with Crippen molar-refractivity contribution in [1.29, 1.82) is 0 Å². The maximum atomic E-state index is 13.0. The summed E-state index contributed by atoms with van der Waals surface area (Å²) >= 11 is 0. The van der Waals surface area contributed by atoms with Crippen LogP contribution in [0.4, 0.5) is 0 Å². The van der Waals surface area contributed by atoms with Crippen molar-refractivity contribution in [2.75, 3.05) is 40.9 Å². The summed E-state index contributed by atoms with van der Waals surface area (Å²) in [6.45, 7) is 4.50. The number of aliphatic hydroxyl groups excluding tert-OH is 1. The quantitative estimate of drug-likeness (QED) is 0.0272. The summed E-state index contributed by atoms with van der Waals surface area (Å²) in [6.07, 6.45) is 73.9. The van der Waals surface area contributed by atoms with Crippen molar-refractivity contribution in [1.82, 2.24) is 5.32 Å². The Morgan fingerprint density at radius 3 is 1.31 bits per heavy atom. The highest BCUT2D eigenvalue weighted by Crippen LogP contribution is 2.38. The molecule has 0 bridgehead atoms. The Kier molecular flexibility index (Phi) is 50.8. The molecule has 9 heteroatoms. The zero-order chi connectivity index (χ0) is 52.0. The normalized spacial score (nSPS) is 14.5. The summed E-state index contributed by atoms with van der Waals surface area (Å²) in [7, 11) is 1.23. The molecule has 0 saturated heterocycles. The SMILES string of the molecule is CC/C=C\C/C=C\C/C=C\C/C=C\CCCCCCCCCCCCCCCCCCCCCCC(=O)NC(COP(=O)([O-])OCC[N+](C)(C)C)C(O)/C=C/CC/C=C/CC/C=C/CCCCCCCC. The highest BCUT2D eigenvalue weighted by molar-refractivity contribution is 7.45. The number of likely N-dealkylation sites (N-methyl/N-ethyl adjacent to an activating group) is 1. The molecule has 412 valence electrons. The van der Waals surface area contributed by atoms with Gasteiger partial charge in [0.2, 0.25) is 5.91 Å². The van der Waals surface area contributed by atoms with Gasteiger partial charge in [-0.05, 0) is 83.5 Å². The van der Waals surface area contributed by atoms with Gasteiger partial charge in [-0.25, -0.2) is 0 Å². The molecule has 0 aliphatic heterocycles. The second-order valence-corrected chi connectivity index (χ2v) is 22.4. The van der Waals surface area contributed by atoms with Gasteiger partial charge >= 0.3 is 0 Å². The smallest absolute Gasteiger partial charge is 0.268 e. The van der Waals surface area contributed by atoms with Crippen molar-refractivity contribution in [3.05, 3.63) is 85.1 Å². The first-order valence-electron chi connectivity index (χ1n) is 29.4. The monoisotopic (exact) mass is 1010 g/mol. The van der Waals surface area contributed by atoms with Crippen molar-refractivity contribution in [3.8, 4) is 0 Å². The van der Waals surface area contributed by atoms with Crippen molar-refractivity contribution in [2.45, 2.75) is 264 Å². The largest absolute Gasteiger partial charge is 0.756 e. The van der Waals surface area contributed by atoms with Gasteiger partial charge < -0.3 is 28.8 Å². The molecule has 0 aromatic heterocycles. The fraction of sp³-hybridized carbons (Fsp3) is 0.758. The number of allylic oxidation sites excluding steroid dienone is 13. The van der Waals surface area contributed by atoms with Crippen molar-refractivity contribution in [3.63, 3.8) is 0 Å². The minimum Gasteiger partial charge on any atom is -0.756 e. The molecule has 0 spiro atoms. The summed E-state index contributed by atoms with van der Waals surface area (Å²) in [4.78, 5) is 25.5. The molecule has 71 heavy (non-hydrogen) atoms. The van der Waals surface area contributed by atoms with Gasteiger partial charge in [0.15, 0.2) is 0 Å². The van der Waals surface area contributed by atoms with Gasteiger partial charge in [0.25, 0.3) is 7.82 Å². The second kappa shape index (κ2) is 52.5. The lowest BCUT2D eigenvalue weighted by Gasteiger charge is -2.29. The highest BCUT2D eigenvalue weighted by Gasteiger charge is 2.23. The molecule has 0 heterocycles. The van der Waals surface area contributed by atoms with Crippen LogP contribution in [0.3, 0.4) is 0 Å². The second-order valence-electron chi connectivity index (χ2n) is 20.9. The van der Waals surface area contributed by atoms with Crippen LogP contribution in [0.1, 0.15) is 251 Å². The number of phosphoric ester groups is 1. The number of hydrogen-bond donors (Lipinski definition) is 2. The molecule has 3 atom stereocenters. The number of carbonyl (C=O) groups is 1. The number of hydrogen-bond acceptors (Lipinski definition) is 6. The number of amides is 1. The van der Waals surface area contributed by atoms with Gasteiger partial charge in [0, 0.05) is 6.42 Å². The van der Waals surface area contributed by atoms with Gasteiger partial charge in [0.05, 0.1) is 39.9 Å². The van der Waals surface area contributed by atoms with Crippen LogP contribution >= 0.6 is 7.82 Å². The van der Waals surface area contributed by atoms with Crippen LogP contribution in [0.5, 0.6) is 0 Å². The average Bonchev–Trinajstić information content (AvgIpc) is 3.33. The van der Waals surface area contributed by atoms with Crippen LogP contribution in [-0.2, 0) is 18.4 Å². The Morgan fingerprint density at radius 1 is 0.507 bits per heavy atom. The Morgan fingerprint density at radius 2 is 0.873 bits per heavy atom. The Labute approximate surface area is 439 Å². The first kappa shape index (κ1) is 68.7. The third kappa shape index (κ3) is 55.3. The van der Waals surface area contributed by atoms with Crippen molar-refractivity contribution < 1.29 is 32.9 Å². The fourth-order valence-corrected chi connectivity index (χ4v) is 8.96. The summed E-state index contributed by atoms with van der Waals surface area (Å²) in [5.74, 6) is -0.211. The van der Waals surface area contributed by atoms with Crippen LogP contribution in [0, 0.1) is 0 Å². The number of quaternary nitrogens is 1. The lowest BCUT2D eigenvalue weighted by molar-refractivity contribution is -0.870. The van der Waals surface area contributed by atoms with Crippen LogP contribution in [0.2, 0.25) is 0 Å². The van der Waals surface area contributed by atoms with Crippen LogP contribution in [-0.4, -0.2) is 68.5 Å². The number of rotatable bonds is 53. The highest BCUT2D eigenvalue weighted by atomic mass is 31.2. The van der Waals surface area contributed by atoms with E-state index >= 15 is 0 Å². The average molecular weight is 1010 g/mol. The van der Waals surface area contributed by atoms with Crippen molar-refractivity contribution >= 4 is 13.7 Å². The summed E-state index contributed by atoms with van der Waals surface area (Å²) in [5.41, 5.74) is 0. The predicted molar refractivity (Wildman–Crippen MR) is 307 cm³/mol. The standard InChI is InChI=1S/C62H113N2O6P/c1-6-8-10-12-14-16-18-20-22-24-25-26-27-28-29-30-31-32-33-34-35-36-37-38-39-40-42-44-46-48-50-52-54-56-62(66)63-60(59-70-71(67,68)69-58-57-64(3,4)5)61(65)55-53-51-49-47-45-43-41-23-21-19-17-15-13-11-9-7-2/h8,10,14,16,20-23,25-26,45,47,53,55,60-61,65H,6-7,9,11-13,15,17-19,24,27-44,46,48-52,54,56-59H2,1-5H3,(H-,63,66,67,68)/b10-8-,16-14-,22-20-,23-21+,26-25-,47-45+,55-53+.